The van der Waals surface area contributed by atoms with Crippen LogP contribution in [0, 0.1) is 5.82 Å². The minimum Gasteiger partial charge on any atom is -0.486 e. The number of aliphatic imine (C=N–C) groups is 1. The number of hydrogen-bond donors (Lipinski definition) is 2. The zero-order chi connectivity index (χ0) is 24.1. The Labute approximate surface area is 180 Å². The lowest BCUT2D eigenvalue weighted by Crippen LogP contribution is -2.46. The van der Waals surface area contributed by atoms with Crippen molar-refractivity contribution in [2.75, 3.05) is 19.0 Å². The number of benzene rings is 1. The molecule has 0 unspecified atom stereocenters. The summed E-state index contributed by atoms with van der Waals surface area (Å²) in [7, 11) is 1.24. The Morgan fingerprint density at radius 1 is 1.25 bits per heavy atom. The highest BCUT2D eigenvalue weighted by Crippen LogP contribution is 2.43. The van der Waals surface area contributed by atoms with Crippen LogP contribution in [0.1, 0.15) is 29.9 Å². The van der Waals surface area contributed by atoms with Gasteiger partial charge in [0.15, 0.2) is 5.60 Å². The molecule has 7 nitrogen and oxygen atoms in total. The largest absolute Gasteiger partial charge is 0.486 e. The molecule has 3 N–H and O–H groups in total. The maximum atomic E-state index is 15.0. The number of hydrogen-bond acceptors (Lipinski definition) is 5. The predicted octanol–water partition coefficient (Wildman–Crippen LogP) is 3.95. The average molecular weight is 460 g/mol. The molecule has 0 spiro atoms. The summed E-state index contributed by atoms with van der Waals surface area (Å²) >= 11 is 0. The van der Waals surface area contributed by atoms with E-state index < -0.39 is 47.9 Å². The third-order valence-corrected chi connectivity index (χ3v) is 4.24. The molecule has 1 aromatic carbocycles. The summed E-state index contributed by atoms with van der Waals surface area (Å²) in [6, 6.07) is 4.54. The van der Waals surface area contributed by atoms with Crippen molar-refractivity contribution in [2.24, 2.45) is 10.7 Å². The van der Waals surface area contributed by atoms with Gasteiger partial charge in [0.25, 0.3) is 18.4 Å². The Morgan fingerprint density at radius 3 is 2.50 bits per heavy atom. The number of nitrogens with two attached hydrogens (primary N) is 1. The topological polar surface area (TPSA) is 98.8 Å². The number of ether oxygens (including phenoxy) is 2. The number of alkyl halides is 4. The number of carbonyl (C=O) groups excluding carboxylic acids is 1. The minimum absolute atomic E-state index is 0.0164. The van der Waals surface area contributed by atoms with E-state index in [1.54, 1.807) is 0 Å². The molecular weight excluding hydrogens is 439 g/mol. The van der Waals surface area contributed by atoms with Crippen LogP contribution >= 0.6 is 0 Å². The molecule has 32 heavy (non-hydrogen) atoms. The van der Waals surface area contributed by atoms with Crippen LogP contribution in [0.4, 0.5) is 27.6 Å². The summed E-state index contributed by atoms with van der Waals surface area (Å²) < 4.78 is 78.4. The van der Waals surface area contributed by atoms with Crippen molar-refractivity contribution in [3.63, 3.8) is 0 Å². The molecular formula is C20H21F5N4O3. The molecule has 0 aliphatic heterocycles. The first-order chi connectivity index (χ1) is 14.9. The first-order valence-electron chi connectivity index (χ1n) is 9.15. The third-order valence-electron chi connectivity index (χ3n) is 4.24. The summed E-state index contributed by atoms with van der Waals surface area (Å²) in [5, 5.41) is 2.32. The van der Waals surface area contributed by atoms with E-state index in [-0.39, 0.29) is 17.1 Å². The van der Waals surface area contributed by atoms with Crippen LogP contribution < -0.4 is 15.8 Å². The van der Waals surface area contributed by atoms with Crippen molar-refractivity contribution >= 4 is 17.6 Å². The number of carbonyl (C=O) groups is 1. The minimum atomic E-state index is -3.87. The van der Waals surface area contributed by atoms with Gasteiger partial charge in [-0.1, -0.05) is 0 Å². The molecule has 1 amide bonds. The number of anilines is 1. The lowest BCUT2D eigenvalue weighted by Gasteiger charge is -2.34. The van der Waals surface area contributed by atoms with E-state index in [9.17, 15) is 18.0 Å². The summed E-state index contributed by atoms with van der Waals surface area (Å²) in [5.74, 6) is -5.88. The van der Waals surface area contributed by atoms with Gasteiger partial charge in [0.1, 0.15) is 23.9 Å². The van der Waals surface area contributed by atoms with E-state index in [0.29, 0.717) is 0 Å². The van der Waals surface area contributed by atoms with Crippen LogP contribution in [-0.2, 0) is 10.7 Å². The highest BCUT2D eigenvalue weighted by atomic mass is 19.3. The van der Waals surface area contributed by atoms with E-state index in [1.165, 1.54) is 19.2 Å². The molecule has 0 aliphatic rings. The van der Waals surface area contributed by atoms with Crippen molar-refractivity contribution in [1.82, 2.24) is 4.98 Å². The molecule has 0 radical (unpaired) electrons. The Morgan fingerprint density at radius 2 is 1.94 bits per heavy atom. The van der Waals surface area contributed by atoms with Gasteiger partial charge >= 0.3 is 5.92 Å². The van der Waals surface area contributed by atoms with E-state index in [1.807, 2.05) is 0 Å². The fourth-order valence-corrected chi connectivity index (χ4v) is 2.49. The van der Waals surface area contributed by atoms with Crippen LogP contribution in [0.2, 0.25) is 0 Å². The number of amidine groups is 1. The first kappa shape index (κ1) is 24.8. The SMILES string of the molecule is CN=C(N)OC(C)(C)C(F)(F)c1cc(NC(=O)c2ccc(OCC(F)F)cn2)ccc1F. The van der Waals surface area contributed by atoms with Crippen LogP contribution in [0.25, 0.3) is 0 Å². The van der Waals surface area contributed by atoms with Crippen LogP contribution in [0.5, 0.6) is 5.75 Å². The van der Waals surface area contributed by atoms with Crippen LogP contribution in [0.3, 0.4) is 0 Å². The maximum absolute atomic E-state index is 15.0. The molecule has 174 valence electrons. The molecule has 0 saturated heterocycles. The zero-order valence-electron chi connectivity index (χ0n) is 17.3. The number of pyridine rings is 1. The summed E-state index contributed by atoms with van der Waals surface area (Å²) in [5.41, 5.74) is 1.77. The average Bonchev–Trinajstić information content (AvgIpc) is 2.73. The van der Waals surface area contributed by atoms with Gasteiger partial charge in [-0.2, -0.15) is 8.78 Å². The highest BCUT2D eigenvalue weighted by Gasteiger charge is 2.52. The van der Waals surface area contributed by atoms with Crippen molar-refractivity contribution in [1.29, 1.82) is 0 Å². The molecule has 1 heterocycles. The van der Waals surface area contributed by atoms with Crippen molar-refractivity contribution < 1.29 is 36.2 Å². The summed E-state index contributed by atoms with van der Waals surface area (Å²) in [6.45, 7) is 1.18. The predicted molar refractivity (Wildman–Crippen MR) is 107 cm³/mol. The second kappa shape index (κ2) is 9.79. The number of halogens is 5. The van der Waals surface area contributed by atoms with E-state index >= 15 is 8.78 Å². The van der Waals surface area contributed by atoms with Crippen molar-refractivity contribution in [2.45, 2.75) is 31.8 Å². The first-order valence-corrected chi connectivity index (χ1v) is 9.15. The van der Waals surface area contributed by atoms with E-state index in [0.717, 1.165) is 38.2 Å². The van der Waals surface area contributed by atoms with Gasteiger partial charge in [-0.05, 0) is 44.2 Å². The molecule has 0 fully saturated rings. The fourth-order valence-electron chi connectivity index (χ4n) is 2.49. The second-order valence-corrected chi connectivity index (χ2v) is 6.98. The van der Waals surface area contributed by atoms with E-state index in [4.69, 9.17) is 15.2 Å². The second-order valence-electron chi connectivity index (χ2n) is 6.98. The normalized spacial score (nSPS) is 12.6. The Hall–Kier alpha value is -3.44. The fraction of sp³-hybridized carbons (Fsp3) is 0.350. The number of rotatable bonds is 8. The van der Waals surface area contributed by atoms with Crippen LogP contribution in [0.15, 0.2) is 41.5 Å². The van der Waals surface area contributed by atoms with Gasteiger partial charge in [-0.15, -0.1) is 0 Å². The summed E-state index contributed by atoms with van der Waals surface area (Å²) in [4.78, 5) is 19.6. The molecule has 0 atom stereocenters. The molecule has 1 aromatic heterocycles. The molecule has 0 saturated carbocycles. The van der Waals surface area contributed by atoms with Gasteiger partial charge in [0.2, 0.25) is 0 Å². The van der Waals surface area contributed by atoms with Gasteiger partial charge in [0, 0.05) is 12.7 Å². The van der Waals surface area contributed by atoms with Crippen molar-refractivity contribution in [3.8, 4) is 5.75 Å². The monoisotopic (exact) mass is 460 g/mol. The quantitative estimate of drug-likeness (QED) is 0.353. The smallest absolute Gasteiger partial charge is 0.314 e. The van der Waals surface area contributed by atoms with Crippen molar-refractivity contribution in [3.05, 3.63) is 53.6 Å². The number of nitrogens with zero attached hydrogens (tertiary/aromatic N) is 2. The molecule has 2 rings (SSSR count). The van der Waals surface area contributed by atoms with Crippen LogP contribution in [-0.4, -0.2) is 42.6 Å². The zero-order valence-corrected chi connectivity index (χ0v) is 17.3. The molecule has 0 bridgehead atoms. The van der Waals surface area contributed by atoms with Gasteiger partial charge in [0.05, 0.1) is 11.8 Å². The standard InChI is InChI=1S/C20H21F5N4O3/c1-19(2,32-18(26)27-3)20(24,25)13-8-11(4-6-14(13)21)29-17(30)15-7-5-12(9-28-15)31-10-16(22)23/h4-9,16H,10H2,1-3H3,(H2,26,27)(H,29,30). The number of aromatic nitrogens is 1. The Kier molecular flexibility index (Phi) is 7.60. The van der Waals surface area contributed by atoms with Gasteiger partial charge in [-0.25, -0.2) is 23.1 Å². The number of nitrogens with one attached hydrogen (secondary N) is 1. The summed E-state index contributed by atoms with van der Waals surface area (Å²) in [6.07, 6.45) is -1.62. The third kappa shape index (κ3) is 5.83. The highest BCUT2D eigenvalue weighted by molar-refractivity contribution is 6.02. The molecule has 0 aliphatic carbocycles. The van der Waals surface area contributed by atoms with Gasteiger partial charge in [-0.3, -0.25) is 4.79 Å². The molecule has 2 aromatic rings. The lowest BCUT2D eigenvalue weighted by molar-refractivity contribution is -0.162. The molecule has 12 heteroatoms. The lowest BCUT2D eigenvalue weighted by atomic mass is 9.92. The van der Waals surface area contributed by atoms with Gasteiger partial charge < -0.3 is 20.5 Å². The Balaban J connectivity index is 2.22. The Bertz CT molecular complexity index is 982. The van der Waals surface area contributed by atoms with E-state index in [2.05, 4.69) is 15.3 Å². The maximum Gasteiger partial charge on any atom is 0.314 e. The number of amides is 1.